The summed E-state index contributed by atoms with van der Waals surface area (Å²) in [6, 6.07) is -0.831. The van der Waals surface area contributed by atoms with Crippen molar-refractivity contribution in [1.29, 1.82) is 0 Å². The Kier molecular flexibility index (Phi) is 5.33. The van der Waals surface area contributed by atoms with Crippen LogP contribution in [0.5, 0.6) is 0 Å². The number of rotatable bonds is 5. The minimum atomic E-state index is -0.527. The molecule has 1 aliphatic rings. The molecule has 0 bridgehead atoms. The number of nitrogens with two attached hydrogens (primary N) is 1. The van der Waals surface area contributed by atoms with Gasteiger partial charge in [-0.2, -0.15) is 0 Å². The molecular formula is C10H20N4O3. The van der Waals surface area contributed by atoms with Crippen LogP contribution in [0.3, 0.4) is 0 Å². The van der Waals surface area contributed by atoms with E-state index in [-0.39, 0.29) is 24.5 Å². The average molecular weight is 244 g/mol. The van der Waals surface area contributed by atoms with Gasteiger partial charge in [0, 0.05) is 20.2 Å². The van der Waals surface area contributed by atoms with Gasteiger partial charge in [-0.25, -0.2) is 5.84 Å². The summed E-state index contributed by atoms with van der Waals surface area (Å²) in [5.74, 6) is 4.76. The van der Waals surface area contributed by atoms with Gasteiger partial charge in [-0.3, -0.25) is 19.9 Å². The lowest BCUT2D eigenvalue weighted by Crippen LogP contribution is -2.63. The van der Waals surface area contributed by atoms with Crippen LogP contribution in [0.25, 0.3) is 0 Å². The van der Waals surface area contributed by atoms with Crippen molar-refractivity contribution in [2.75, 3.05) is 26.8 Å². The van der Waals surface area contributed by atoms with Crippen LogP contribution in [0.4, 0.5) is 0 Å². The number of carbonyl (C=O) groups is 2. The van der Waals surface area contributed by atoms with Crippen LogP contribution in [0.15, 0.2) is 0 Å². The Morgan fingerprint density at radius 2 is 2.47 bits per heavy atom. The zero-order chi connectivity index (χ0) is 12.8. The summed E-state index contributed by atoms with van der Waals surface area (Å²) < 4.78 is 5.02. The molecule has 0 saturated carbocycles. The third kappa shape index (κ3) is 3.15. The van der Waals surface area contributed by atoms with Crippen molar-refractivity contribution in [3.8, 4) is 0 Å². The number of hydrogen-bond acceptors (Lipinski definition) is 5. The van der Waals surface area contributed by atoms with E-state index in [0.29, 0.717) is 19.5 Å². The predicted molar refractivity (Wildman–Crippen MR) is 61.8 cm³/mol. The van der Waals surface area contributed by atoms with Crippen molar-refractivity contribution < 1.29 is 14.3 Å². The Morgan fingerprint density at radius 1 is 1.76 bits per heavy atom. The fourth-order valence-corrected chi connectivity index (χ4v) is 2.10. The Balaban J connectivity index is 2.83. The van der Waals surface area contributed by atoms with E-state index in [1.54, 1.807) is 0 Å². The second-order valence-electron chi connectivity index (χ2n) is 3.93. The molecule has 0 aromatic heterocycles. The largest absolute Gasteiger partial charge is 0.383 e. The number of amides is 2. The smallest absolute Gasteiger partial charge is 0.253 e. The van der Waals surface area contributed by atoms with E-state index in [4.69, 9.17) is 10.6 Å². The van der Waals surface area contributed by atoms with E-state index in [1.165, 1.54) is 7.11 Å². The Hall–Kier alpha value is -1.18. The highest BCUT2D eigenvalue weighted by Gasteiger charge is 2.36. The van der Waals surface area contributed by atoms with Gasteiger partial charge in [0.2, 0.25) is 5.91 Å². The van der Waals surface area contributed by atoms with Crippen LogP contribution in [0.2, 0.25) is 0 Å². The molecule has 7 heteroatoms. The van der Waals surface area contributed by atoms with Crippen LogP contribution < -0.4 is 16.6 Å². The van der Waals surface area contributed by atoms with E-state index < -0.39 is 6.04 Å². The summed E-state index contributed by atoms with van der Waals surface area (Å²) in [4.78, 5) is 25.2. The number of nitrogens with zero attached hydrogens (tertiary/aromatic N) is 1. The minimum absolute atomic E-state index is 0.0512. The van der Waals surface area contributed by atoms with Crippen LogP contribution in [-0.4, -0.2) is 55.6 Å². The molecule has 7 nitrogen and oxygen atoms in total. The third-order valence-electron chi connectivity index (χ3n) is 2.93. The first-order valence-electron chi connectivity index (χ1n) is 5.68. The summed E-state index contributed by atoms with van der Waals surface area (Å²) in [5, 5.41) is 2.78. The fourth-order valence-electron chi connectivity index (χ4n) is 2.10. The molecule has 2 unspecified atom stereocenters. The van der Waals surface area contributed by atoms with Gasteiger partial charge in [0.05, 0.1) is 12.6 Å². The zero-order valence-electron chi connectivity index (χ0n) is 10.2. The SMILES string of the molecule is CCC1C(=O)NCCN1C(COC)C(=O)NN. The Bertz CT molecular complexity index is 285. The predicted octanol–water partition coefficient (Wildman–Crippen LogP) is -1.80. The normalized spacial score (nSPS) is 23.0. The monoisotopic (exact) mass is 244 g/mol. The van der Waals surface area contributed by atoms with Crippen molar-refractivity contribution in [1.82, 2.24) is 15.6 Å². The van der Waals surface area contributed by atoms with Gasteiger partial charge >= 0.3 is 0 Å². The van der Waals surface area contributed by atoms with Crippen molar-refractivity contribution in [2.24, 2.45) is 5.84 Å². The van der Waals surface area contributed by atoms with Gasteiger partial charge in [0.25, 0.3) is 5.91 Å². The Labute approximate surface area is 101 Å². The fraction of sp³-hybridized carbons (Fsp3) is 0.800. The number of piperazine rings is 1. The number of ether oxygens (including phenoxy) is 1. The molecular weight excluding hydrogens is 224 g/mol. The van der Waals surface area contributed by atoms with Gasteiger partial charge in [0.15, 0.2) is 0 Å². The molecule has 0 spiro atoms. The lowest BCUT2D eigenvalue weighted by atomic mass is 10.1. The Morgan fingerprint density at radius 3 is 3.00 bits per heavy atom. The molecule has 0 aromatic rings. The number of nitrogens with one attached hydrogen (secondary N) is 2. The summed E-state index contributed by atoms with van der Waals surface area (Å²) in [5.41, 5.74) is 2.11. The van der Waals surface area contributed by atoms with E-state index in [1.807, 2.05) is 11.8 Å². The molecule has 1 heterocycles. The topological polar surface area (TPSA) is 96.7 Å². The summed E-state index contributed by atoms with van der Waals surface area (Å²) in [7, 11) is 1.52. The average Bonchev–Trinajstić information content (AvgIpc) is 2.34. The van der Waals surface area contributed by atoms with E-state index >= 15 is 0 Å². The maximum Gasteiger partial charge on any atom is 0.253 e. The molecule has 17 heavy (non-hydrogen) atoms. The molecule has 2 atom stereocenters. The lowest BCUT2D eigenvalue weighted by Gasteiger charge is -2.38. The number of carbonyl (C=O) groups excluding carboxylic acids is 2. The van der Waals surface area contributed by atoms with Gasteiger partial charge in [-0.05, 0) is 6.42 Å². The highest BCUT2D eigenvalue weighted by molar-refractivity contribution is 5.85. The lowest BCUT2D eigenvalue weighted by molar-refractivity contribution is -0.137. The molecule has 0 aliphatic carbocycles. The van der Waals surface area contributed by atoms with Gasteiger partial charge < -0.3 is 10.1 Å². The van der Waals surface area contributed by atoms with Gasteiger partial charge in [-0.1, -0.05) is 6.92 Å². The first kappa shape index (κ1) is 13.9. The van der Waals surface area contributed by atoms with Gasteiger partial charge in [0.1, 0.15) is 6.04 Å². The van der Waals surface area contributed by atoms with E-state index in [9.17, 15) is 9.59 Å². The quantitative estimate of drug-likeness (QED) is 0.301. The molecule has 1 fully saturated rings. The molecule has 4 N–H and O–H groups in total. The molecule has 0 radical (unpaired) electrons. The summed E-state index contributed by atoms with van der Waals surface area (Å²) >= 11 is 0. The third-order valence-corrected chi connectivity index (χ3v) is 2.93. The number of hydrazine groups is 1. The second kappa shape index (κ2) is 6.53. The molecule has 1 aliphatic heterocycles. The van der Waals surface area contributed by atoms with E-state index in [2.05, 4.69) is 10.7 Å². The van der Waals surface area contributed by atoms with Crippen molar-refractivity contribution in [3.05, 3.63) is 0 Å². The number of hydrogen-bond donors (Lipinski definition) is 3. The molecule has 0 aromatic carbocycles. The number of methoxy groups -OCH3 is 1. The van der Waals surface area contributed by atoms with Crippen molar-refractivity contribution >= 4 is 11.8 Å². The van der Waals surface area contributed by atoms with Crippen molar-refractivity contribution in [2.45, 2.75) is 25.4 Å². The first-order chi connectivity index (χ1) is 8.15. The minimum Gasteiger partial charge on any atom is -0.383 e. The standard InChI is InChI=1S/C10H20N4O3/c1-3-7-9(15)12-4-5-14(7)8(6-17-2)10(16)13-11/h7-8H,3-6,11H2,1-2H3,(H,12,15)(H,13,16). The van der Waals surface area contributed by atoms with Crippen LogP contribution in [0, 0.1) is 0 Å². The zero-order valence-corrected chi connectivity index (χ0v) is 10.2. The highest BCUT2D eigenvalue weighted by Crippen LogP contribution is 2.13. The molecule has 1 rings (SSSR count). The second-order valence-corrected chi connectivity index (χ2v) is 3.93. The highest BCUT2D eigenvalue weighted by atomic mass is 16.5. The molecule has 1 saturated heterocycles. The maximum atomic E-state index is 11.7. The van der Waals surface area contributed by atoms with Crippen LogP contribution in [-0.2, 0) is 14.3 Å². The van der Waals surface area contributed by atoms with E-state index in [0.717, 1.165) is 0 Å². The maximum absolute atomic E-state index is 11.7. The first-order valence-corrected chi connectivity index (χ1v) is 5.68. The van der Waals surface area contributed by atoms with Crippen LogP contribution in [0.1, 0.15) is 13.3 Å². The summed E-state index contributed by atoms with van der Waals surface area (Å²) in [6.45, 7) is 3.28. The molecule has 98 valence electrons. The van der Waals surface area contributed by atoms with Crippen molar-refractivity contribution in [3.63, 3.8) is 0 Å². The molecule has 2 amide bonds. The van der Waals surface area contributed by atoms with Crippen LogP contribution >= 0.6 is 0 Å². The van der Waals surface area contributed by atoms with Gasteiger partial charge in [-0.15, -0.1) is 0 Å². The summed E-state index contributed by atoms with van der Waals surface area (Å²) in [6.07, 6.45) is 0.643.